The molecule has 4 aliphatic carbocycles. The molecule has 0 saturated heterocycles. The summed E-state index contributed by atoms with van der Waals surface area (Å²) in [7, 11) is 0. The third kappa shape index (κ3) is 5.48. The standard InChI is InChI=1S/C37H38N2O3/c38-33-19-31(41-23-25-7-3-1-4-8-25)12-13-34(33)39-36(40)30-11-14-35(42-24-26-9-5-2-6-10-26)32(18-30)37-20-27-15-28(21-37)17-29(16-27)22-37/h1-14,18-19,27-29H,15-17,20-24,38H2,(H,39,40). The number of carbonyl (C=O) groups excluding carboxylic acids is 1. The van der Waals surface area contributed by atoms with Crippen LogP contribution in [0, 0.1) is 17.8 Å². The number of carbonyl (C=O) groups is 1. The molecular formula is C37H38N2O3. The zero-order valence-corrected chi connectivity index (χ0v) is 23.9. The fraction of sp³-hybridized carbons (Fsp3) is 0.324. The van der Waals surface area contributed by atoms with Crippen molar-refractivity contribution in [2.24, 2.45) is 17.8 Å². The van der Waals surface area contributed by atoms with E-state index < -0.39 is 0 Å². The number of amides is 1. The Morgan fingerprint density at radius 3 is 1.93 bits per heavy atom. The fourth-order valence-corrected chi connectivity index (χ4v) is 8.07. The number of nitrogens with one attached hydrogen (secondary N) is 1. The van der Waals surface area contributed by atoms with E-state index in [0.717, 1.165) is 34.6 Å². The minimum absolute atomic E-state index is 0.0911. The molecule has 5 heteroatoms. The third-order valence-electron chi connectivity index (χ3n) is 9.61. The van der Waals surface area contributed by atoms with Crippen LogP contribution in [0.25, 0.3) is 0 Å². The zero-order valence-electron chi connectivity index (χ0n) is 23.9. The minimum Gasteiger partial charge on any atom is -0.489 e. The molecule has 4 fully saturated rings. The first-order valence-corrected chi connectivity index (χ1v) is 15.2. The third-order valence-corrected chi connectivity index (χ3v) is 9.61. The van der Waals surface area contributed by atoms with Gasteiger partial charge >= 0.3 is 0 Å². The molecule has 8 rings (SSSR count). The topological polar surface area (TPSA) is 73.6 Å². The van der Waals surface area contributed by atoms with Crippen molar-refractivity contribution in [2.75, 3.05) is 11.1 Å². The lowest BCUT2D eigenvalue weighted by atomic mass is 9.48. The number of hydrogen-bond donors (Lipinski definition) is 2. The molecule has 0 atom stereocenters. The summed E-state index contributed by atoms with van der Waals surface area (Å²) in [4.78, 5) is 13.6. The van der Waals surface area contributed by atoms with Gasteiger partial charge in [0.05, 0.1) is 11.4 Å². The molecular weight excluding hydrogens is 520 g/mol. The quantitative estimate of drug-likeness (QED) is 0.203. The zero-order chi connectivity index (χ0) is 28.5. The van der Waals surface area contributed by atoms with E-state index in [9.17, 15) is 4.79 Å². The molecule has 5 nitrogen and oxygen atoms in total. The van der Waals surface area contributed by atoms with Gasteiger partial charge in [0, 0.05) is 17.2 Å². The molecule has 3 N–H and O–H groups in total. The average Bonchev–Trinajstić information content (AvgIpc) is 3.00. The highest BCUT2D eigenvalue weighted by Crippen LogP contribution is 2.62. The Labute approximate surface area is 248 Å². The maximum Gasteiger partial charge on any atom is 0.255 e. The van der Waals surface area contributed by atoms with Crippen LogP contribution in [0.15, 0.2) is 97.1 Å². The summed E-state index contributed by atoms with van der Waals surface area (Å²) in [5.74, 6) is 3.78. The predicted octanol–water partition coefficient (Wildman–Crippen LogP) is 8.15. The smallest absolute Gasteiger partial charge is 0.255 e. The van der Waals surface area contributed by atoms with Gasteiger partial charge in [0.15, 0.2) is 0 Å². The van der Waals surface area contributed by atoms with Gasteiger partial charge in [0.25, 0.3) is 5.91 Å². The summed E-state index contributed by atoms with van der Waals surface area (Å²) in [5, 5.41) is 3.05. The van der Waals surface area contributed by atoms with E-state index in [-0.39, 0.29) is 11.3 Å². The highest BCUT2D eigenvalue weighted by Gasteiger charge is 2.52. The molecule has 4 aromatic carbocycles. The first-order chi connectivity index (χ1) is 20.5. The van der Waals surface area contributed by atoms with Crippen molar-refractivity contribution in [1.82, 2.24) is 0 Å². The first-order valence-electron chi connectivity index (χ1n) is 15.2. The lowest BCUT2D eigenvalue weighted by Crippen LogP contribution is -2.48. The van der Waals surface area contributed by atoms with Gasteiger partial charge < -0.3 is 20.5 Å². The van der Waals surface area contributed by atoms with Gasteiger partial charge in [0.1, 0.15) is 24.7 Å². The van der Waals surface area contributed by atoms with Crippen LogP contribution in [-0.2, 0) is 18.6 Å². The highest BCUT2D eigenvalue weighted by molar-refractivity contribution is 6.06. The molecule has 0 unspecified atom stereocenters. The molecule has 4 aromatic rings. The van der Waals surface area contributed by atoms with Gasteiger partial charge in [-0.2, -0.15) is 0 Å². The summed E-state index contributed by atoms with van der Waals surface area (Å²) in [6.07, 6.45) is 7.69. The molecule has 42 heavy (non-hydrogen) atoms. The monoisotopic (exact) mass is 558 g/mol. The van der Waals surface area contributed by atoms with Gasteiger partial charge in [-0.15, -0.1) is 0 Å². The summed E-state index contributed by atoms with van der Waals surface area (Å²) < 4.78 is 12.4. The second kappa shape index (κ2) is 11.2. The molecule has 214 valence electrons. The van der Waals surface area contributed by atoms with Crippen molar-refractivity contribution < 1.29 is 14.3 Å². The van der Waals surface area contributed by atoms with Crippen molar-refractivity contribution in [3.05, 3.63) is 119 Å². The van der Waals surface area contributed by atoms with Crippen molar-refractivity contribution in [1.29, 1.82) is 0 Å². The van der Waals surface area contributed by atoms with Crippen LogP contribution in [0.4, 0.5) is 11.4 Å². The molecule has 0 radical (unpaired) electrons. The largest absolute Gasteiger partial charge is 0.489 e. The Balaban J connectivity index is 1.12. The van der Waals surface area contributed by atoms with E-state index in [0.29, 0.717) is 35.9 Å². The normalized spacial score (nSPS) is 23.9. The Hall–Kier alpha value is -4.25. The van der Waals surface area contributed by atoms with Crippen LogP contribution in [0.1, 0.15) is 65.6 Å². The van der Waals surface area contributed by atoms with Crippen molar-refractivity contribution >= 4 is 17.3 Å². The van der Waals surface area contributed by atoms with E-state index in [1.54, 1.807) is 6.07 Å². The molecule has 4 aliphatic rings. The number of anilines is 2. The fourth-order valence-electron chi connectivity index (χ4n) is 8.07. The SMILES string of the molecule is Nc1cc(OCc2ccccc2)ccc1NC(=O)c1ccc(OCc2ccccc2)c(C23CC4CC(CC(C4)C2)C3)c1. The molecule has 4 bridgehead atoms. The number of ether oxygens (including phenoxy) is 2. The van der Waals surface area contributed by atoms with Gasteiger partial charge in [-0.1, -0.05) is 60.7 Å². The van der Waals surface area contributed by atoms with E-state index in [4.69, 9.17) is 15.2 Å². The van der Waals surface area contributed by atoms with Crippen LogP contribution in [0.3, 0.4) is 0 Å². The van der Waals surface area contributed by atoms with Crippen molar-refractivity contribution in [3.8, 4) is 11.5 Å². The molecule has 0 aromatic heterocycles. The number of hydrogen-bond acceptors (Lipinski definition) is 4. The number of nitrogens with two attached hydrogens (primary N) is 1. The van der Waals surface area contributed by atoms with Crippen LogP contribution >= 0.6 is 0 Å². The lowest BCUT2D eigenvalue weighted by molar-refractivity contribution is -0.00649. The van der Waals surface area contributed by atoms with E-state index in [1.165, 1.54) is 44.1 Å². The minimum atomic E-state index is -0.166. The lowest BCUT2D eigenvalue weighted by Gasteiger charge is -2.57. The molecule has 0 aliphatic heterocycles. The number of benzene rings is 4. The Morgan fingerprint density at radius 1 is 0.738 bits per heavy atom. The highest BCUT2D eigenvalue weighted by atomic mass is 16.5. The average molecular weight is 559 g/mol. The molecule has 0 heterocycles. The second-order valence-corrected chi connectivity index (χ2v) is 12.7. The summed E-state index contributed by atoms with van der Waals surface area (Å²) in [5.41, 5.74) is 11.6. The van der Waals surface area contributed by atoms with Crippen molar-refractivity contribution in [2.45, 2.75) is 57.2 Å². The van der Waals surface area contributed by atoms with Crippen LogP contribution in [-0.4, -0.2) is 5.91 Å². The second-order valence-electron chi connectivity index (χ2n) is 12.7. The van der Waals surface area contributed by atoms with Gasteiger partial charge in [-0.25, -0.2) is 0 Å². The molecule has 0 spiro atoms. The van der Waals surface area contributed by atoms with E-state index in [1.807, 2.05) is 72.8 Å². The summed E-state index contributed by atoms with van der Waals surface area (Å²) >= 11 is 0. The predicted molar refractivity (Wildman–Crippen MR) is 167 cm³/mol. The Morgan fingerprint density at radius 2 is 1.33 bits per heavy atom. The molecule has 1 amide bonds. The maximum absolute atomic E-state index is 13.6. The van der Waals surface area contributed by atoms with E-state index >= 15 is 0 Å². The van der Waals surface area contributed by atoms with Gasteiger partial charge in [-0.3, -0.25) is 4.79 Å². The Bertz CT molecular complexity index is 1530. The van der Waals surface area contributed by atoms with Crippen LogP contribution < -0.4 is 20.5 Å². The Kier molecular flexibility index (Phi) is 7.10. The maximum atomic E-state index is 13.6. The summed E-state index contributed by atoms with van der Waals surface area (Å²) in [6, 6.07) is 31.7. The van der Waals surface area contributed by atoms with Crippen LogP contribution in [0.5, 0.6) is 11.5 Å². The van der Waals surface area contributed by atoms with Crippen molar-refractivity contribution in [3.63, 3.8) is 0 Å². The van der Waals surface area contributed by atoms with Gasteiger partial charge in [0.2, 0.25) is 0 Å². The summed E-state index contributed by atoms with van der Waals surface area (Å²) in [6.45, 7) is 0.971. The van der Waals surface area contributed by atoms with E-state index in [2.05, 4.69) is 23.5 Å². The number of rotatable bonds is 9. The van der Waals surface area contributed by atoms with Gasteiger partial charge in [-0.05, 0) is 103 Å². The first kappa shape index (κ1) is 26.6. The van der Waals surface area contributed by atoms with Crippen LogP contribution in [0.2, 0.25) is 0 Å². The number of nitrogen functional groups attached to an aromatic ring is 1. The molecule has 4 saturated carbocycles.